The smallest absolute Gasteiger partial charge is 0.266 e. The van der Waals surface area contributed by atoms with Gasteiger partial charge in [-0.15, -0.1) is 0 Å². The molecular weight excluding hydrogens is 369 g/mol. The SMILES string of the molecule is Cc1nn(C)cc1S(=O)(=O)Nc1ccn(Cc2c(F)cccc2Cl)n1. The molecule has 0 unspecified atom stereocenters. The highest BCUT2D eigenvalue weighted by Gasteiger charge is 2.21. The average Bonchev–Trinajstić information content (AvgIpc) is 3.09. The Labute approximate surface area is 149 Å². The lowest BCUT2D eigenvalue weighted by molar-refractivity contribution is 0.585. The van der Waals surface area contributed by atoms with Gasteiger partial charge < -0.3 is 0 Å². The van der Waals surface area contributed by atoms with Crippen molar-refractivity contribution in [3.63, 3.8) is 0 Å². The first-order chi connectivity index (χ1) is 11.8. The Balaban J connectivity index is 1.81. The third-order valence-electron chi connectivity index (χ3n) is 3.52. The monoisotopic (exact) mass is 383 g/mol. The van der Waals surface area contributed by atoms with Crippen LogP contribution in [0.25, 0.3) is 0 Å². The second kappa shape index (κ2) is 6.49. The van der Waals surface area contributed by atoms with Crippen LogP contribution >= 0.6 is 11.6 Å². The number of aromatic nitrogens is 4. The van der Waals surface area contributed by atoms with Gasteiger partial charge in [0.1, 0.15) is 10.7 Å². The fourth-order valence-corrected chi connectivity index (χ4v) is 3.82. The van der Waals surface area contributed by atoms with Crippen molar-refractivity contribution in [1.82, 2.24) is 19.6 Å². The third-order valence-corrected chi connectivity index (χ3v) is 5.33. The van der Waals surface area contributed by atoms with Gasteiger partial charge >= 0.3 is 0 Å². The van der Waals surface area contributed by atoms with Gasteiger partial charge in [-0.05, 0) is 19.1 Å². The zero-order valence-electron chi connectivity index (χ0n) is 13.4. The van der Waals surface area contributed by atoms with Crippen LogP contribution in [0.4, 0.5) is 10.2 Å². The van der Waals surface area contributed by atoms with E-state index in [9.17, 15) is 12.8 Å². The molecule has 132 valence electrons. The maximum absolute atomic E-state index is 13.8. The van der Waals surface area contributed by atoms with Crippen LogP contribution in [0.2, 0.25) is 5.02 Å². The summed E-state index contributed by atoms with van der Waals surface area (Å²) in [6.07, 6.45) is 2.95. The van der Waals surface area contributed by atoms with Gasteiger partial charge in [-0.2, -0.15) is 10.2 Å². The normalized spacial score (nSPS) is 11.7. The molecule has 2 aromatic heterocycles. The number of nitrogens with one attached hydrogen (secondary N) is 1. The lowest BCUT2D eigenvalue weighted by atomic mass is 10.2. The fourth-order valence-electron chi connectivity index (χ4n) is 2.38. The number of benzene rings is 1. The maximum Gasteiger partial charge on any atom is 0.266 e. The summed E-state index contributed by atoms with van der Waals surface area (Å²) in [5.74, 6) is -0.327. The van der Waals surface area contributed by atoms with Gasteiger partial charge in [-0.3, -0.25) is 14.1 Å². The molecule has 0 aliphatic heterocycles. The molecule has 2 heterocycles. The van der Waals surface area contributed by atoms with E-state index >= 15 is 0 Å². The van der Waals surface area contributed by atoms with E-state index in [1.807, 2.05) is 0 Å². The van der Waals surface area contributed by atoms with Gasteiger partial charge in [-0.1, -0.05) is 17.7 Å². The molecule has 1 N–H and O–H groups in total. The van der Waals surface area contributed by atoms with Gasteiger partial charge in [0.2, 0.25) is 0 Å². The summed E-state index contributed by atoms with van der Waals surface area (Å²) in [4.78, 5) is 0.0710. The molecule has 3 aromatic rings. The summed E-state index contributed by atoms with van der Waals surface area (Å²) in [5.41, 5.74) is 0.664. The lowest BCUT2D eigenvalue weighted by Crippen LogP contribution is -2.14. The molecule has 0 radical (unpaired) electrons. The first-order valence-corrected chi connectivity index (χ1v) is 9.12. The Bertz CT molecular complexity index is 1010. The predicted molar refractivity (Wildman–Crippen MR) is 91.5 cm³/mol. The first kappa shape index (κ1) is 17.4. The van der Waals surface area contributed by atoms with Gasteiger partial charge in [0.25, 0.3) is 10.0 Å². The van der Waals surface area contributed by atoms with Crippen molar-refractivity contribution < 1.29 is 12.8 Å². The van der Waals surface area contributed by atoms with Crippen LogP contribution in [0.3, 0.4) is 0 Å². The molecule has 0 fully saturated rings. The van der Waals surface area contributed by atoms with Crippen molar-refractivity contribution in [3.05, 3.63) is 58.8 Å². The number of hydrogen-bond acceptors (Lipinski definition) is 4. The van der Waals surface area contributed by atoms with Crippen LogP contribution in [0.1, 0.15) is 11.3 Å². The van der Waals surface area contributed by atoms with Crippen molar-refractivity contribution in [1.29, 1.82) is 0 Å². The van der Waals surface area contributed by atoms with Crippen molar-refractivity contribution in [2.75, 3.05) is 4.72 Å². The maximum atomic E-state index is 13.8. The number of rotatable bonds is 5. The highest BCUT2D eigenvalue weighted by atomic mass is 35.5. The number of anilines is 1. The van der Waals surface area contributed by atoms with Gasteiger partial charge in [-0.25, -0.2) is 12.8 Å². The average molecular weight is 384 g/mol. The van der Waals surface area contributed by atoms with E-state index in [2.05, 4.69) is 14.9 Å². The van der Waals surface area contributed by atoms with Gasteiger partial charge in [0.15, 0.2) is 5.82 Å². The standard InChI is InChI=1S/C15H15ClFN5O2S/c1-10-14(9-21(2)18-10)25(23,24)20-15-6-7-22(19-15)8-11-12(16)4-3-5-13(11)17/h3-7,9H,8H2,1-2H3,(H,19,20). The quantitative estimate of drug-likeness (QED) is 0.734. The molecule has 0 saturated heterocycles. The zero-order valence-corrected chi connectivity index (χ0v) is 15.0. The molecule has 0 saturated carbocycles. The topological polar surface area (TPSA) is 81.8 Å². The third kappa shape index (κ3) is 3.67. The molecule has 0 aliphatic carbocycles. The number of aryl methyl sites for hydroxylation is 2. The van der Waals surface area contributed by atoms with E-state index < -0.39 is 15.8 Å². The fraction of sp³-hybridized carbons (Fsp3) is 0.200. The minimum Gasteiger partial charge on any atom is -0.274 e. The van der Waals surface area contributed by atoms with Crippen LogP contribution in [0.15, 0.2) is 41.6 Å². The Morgan fingerprint density at radius 1 is 1.28 bits per heavy atom. The second-order valence-corrected chi connectivity index (χ2v) is 7.51. The van der Waals surface area contributed by atoms with Crippen molar-refractivity contribution in [2.24, 2.45) is 7.05 Å². The van der Waals surface area contributed by atoms with Crippen molar-refractivity contribution in [3.8, 4) is 0 Å². The van der Waals surface area contributed by atoms with Crippen molar-refractivity contribution in [2.45, 2.75) is 18.4 Å². The number of hydrogen-bond donors (Lipinski definition) is 1. The number of sulfonamides is 1. The molecule has 0 bridgehead atoms. The van der Waals surface area contributed by atoms with Gasteiger partial charge in [0.05, 0.1) is 12.2 Å². The van der Waals surface area contributed by atoms with Crippen LogP contribution in [0.5, 0.6) is 0 Å². The van der Waals surface area contributed by atoms with E-state index in [0.29, 0.717) is 5.69 Å². The molecule has 7 nitrogen and oxygen atoms in total. The summed E-state index contributed by atoms with van der Waals surface area (Å²) < 4.78 is 43.9. The molecule has 0 amide bonds. The van der Waals surface area contributed by atoms with Crippen molar-refractivity contribution >= 4 is 27.4 Å². The number of halogens is 2. The lowest BCUT2D eigenvalue weighted by Gasteiger charge is -2.06. The molecule has 10 heteroatoms. The van der Waals surface area contributed by atoms with Gasteiger partial charge in [0, 0.05) is 36.1 Å². The minimum atomic E-state index is -3.81. The molecule has 0 spiro atoms. The van der Waals surface area contributed by atoms with E-state index in [4.69, 9.17) is 11.6 Å². The van der Waals surface area contributed by atoms with E-state index in [1.54, 1.807) is 20.0 Å². The van der Waals surface area contributed by atoms with Crippen LogP contribution in [-0.4, -0.2) is 28.0 Å². The Morgan fingerprint density at radius 3 is 2.68 bits per heavy atom. The summed E-state index contributed by atoms with van der Waals surface area (Å²) in [5, 5.41) is 8.40. The summed E-state index contributed by atoms with van der Waals surface area (Å²) in [7, 11) is -2.17. The molecule has 25 heavy (non-hydrogen) atoms. The molecule has 3 rings (SSSR count). The van der Waals surface area contributed by atoms with E-state index in [-0.39, 0.29) is 27.8 Å². The highest BCUT2D eigenvalue weighted by Crippen LogP contribution is 2.21. The predicted octanol–water partition coefficient (Wildman–Crippen LogP) is 2.57. The molecule has 0 aliphatic rings. The van der Waals surface area contributed by atoms with Crippen LogP contribution in [0, 0.1) is 12.7 Å². The highest BCUT2D eigenvalue weighted by molar-refractivity contribution is 7.92. The molecule has 1 aromatic carbocycles. The zero-order chi connectivity index (χ0) is 18.2. The largest absolute Gasteiger partial charge is 0.274 e. The van der Waals surface area contributed by atoms with Crippen LogP contribution < -0.4 is 4.72 Å². The Hall–Kier alpha value is -2.39. The first-order valence-electron chi connectivity index (χ1n) is 7.25. The second-order valence-electron chi connectivity index (χ2n) is 5.46. The Kier molecular flexibility index (Phi) is 4.53. The summed E-state index contributed by atoms with van der Waals surface area (Å²) in [6.45, 7) is 1.69. The minimum absolute atomic E-state index is 0.0710. The number of nitrogens with zero attached hydrogens (tertiary/aromatic N) is 4. The summed E-state index contributed by atoms with van der Waals surface area (Å²) in [6, 6.07) is 5.88. The molecule has 0 atom stereocenters. The molecular formula is C15H15ClFN5O2S. The van der Waals surface area contributed by atoms with E-state index in [0.717, 1.165) is 0 Å². The summed E-state index contributed by atoms with van der Waals surface area (Å²) >= 11 is 5.99. The van der Waals surface area contributed by atoms with E-state index in [1.165, 1.54) is 40.0 Å². The Morgan fingerprint density at radius 2 is 2.04 bits per heavy atom. The van der Waals surface area contributed by atoms with Crippen LogP contribution in [-0.2, 0) is 23.6 Å².